The summed E-state index contributed by atoms with van der Waals surface area (Å²) in [5.41, 5.74) is 1.90. The number of rotatable bonds is 5. The number of amides is 2. The highest BCUT2D eigenvalue weighted by atomic mass is 16.5. The van der Waals surface area contributed by atoms with Crippen LogP contribution in [0.5, 0.6) is 0 Å². The lowest BCUT2D eigenvalue weighted by Crippen LogP contribution is -2.65. The van der Waals surface area contributed by atoms with E-state index in [0.717, 1.165) is 36.8 Å². The quantitative estimate of drug-likeness (QED) is 0.724. The second-order valence-corrected chi connectivity index (χ2v) is 8.93. The molecule has 1 aliphatic heterocycles. The van der Waals surface area contributed by atoms with Crippen LogP contribution in [0.3, 0.4) is 0 Å². The Hall–Kier alpha value is -3.16. The lowest BCUT2D eigenvalue weighted by atomic mass is 9.93. The van der Waals surface area contributed by atoms with E-state index in [1.807, 2.05) is 32.0 Å². The van der Waals surface area contributed by atoms with E-state index in [-0.39, 0.29) is 42.4 Å². The summed E-state index contributed by atoms with van der Waals surface area (Å²) in [6.45, 7) is 7.81. The topological polar surface area (TPSA) is 93.5 Å². The summed E-state index contributed by atoms with van der Waals surface area (Å²) >= 11 is 0. The predicted molar refractivity (Wildman–Crippen MR) is 120 cm³/mol. The standard InChI is InChI=1S/C24H30N4O4/c1-5-32-22(30)19-13-20-21(29)28(18-11-10-15(2)16(3)12-18)24(4,14-27(20)26-19)23(31)25-17-8-6-7-9-17/h10-13,17H,5-9,14H2,1-4H3,(H,25,31). The highest BCUT2D eigenvalue weighted by Crippen LogP contribution is 2.34. The van der Waals surface area contributed by atoms with Gasteiger partial charge < -0.3 is 10.1 Å². The minimum Gasteiger partial charge on any atom is -0.461 e. The molecule has 0 spiro atoms. The number of aromatic nitrogens is 2. The van der Waals surface area contributed by atoms with Crippen LogP contribution in [-0.4, -0.2) is 45.8 Å². The second-order valence-electron chi connectivity index (χ2n) is 8.93. The third kappa shape index (κ3) is 3.78. The van der Waals surface area contributed by atoms with Crippen molar-refractivity contribution in [3.63, 3.8) is 0 Å². The third-order valence-electron chi connectivity index (χ3n) is 6.57. The Kier molecular flexibility index (Phi) is 5.79. The fourth-order valence-electron chi connectivity index (χ4n) is 4.57. The Morgan fingerprint density at radius 1 is 1.19 bits per heavy atom. The van der Waals surface area contributed by atoms with Crippen LogP contribution < -0.4 is 10.2 Å². The molecule has 1 unspecified atom stereocenters. The van der Waals surface area contributed by atoms with Gasteiger partial charge in [-0.3, -0.25) is 19.2 Å². The van der Waals surface area contributed by atoms with Gasteiger partial charge in [-0.15, -0.1) is 0 Å². The van der Waals surface area contributed by atoms with Gasteiger partial charge in [-0.05, 0) is 63.8 Å². The molecule has 1 aromatic carbocycles. The molecule has 32 heavy (non-hydrogen) atoms. The zero-order chi connectivity index (χ0) is 23.0. The molecule has 1 fully saturated rings. The van der Waals surface area contributed by atoms with E-state index < -0.39 is 11.5 Å². The maximum absolute atomic E-state index is 13.7. The fraction of sp³-hybridized carbons (Fsp3) is 0.500. The lowest BCUT2D eigenvalue weighted by molar-refractivity contribution is -0.127. The molecule has 1 N–H and O–H groups in total. The summed E-state index contributed by atoms with van der Waals surface area (Å²) in [5.74, 6) is -1.17. The van der Waals surface area contributed by atoms with Gasteiger partial charge in [0.15, 0.2) is 5.69 Å². The Bertz CT molecular complexity index is 1070. The molecule has 1 saturated carbocycles. The molecular weight excluding hydrogens is 408 g/mol. The van der Waals surface area contributed by atoms with Gasteiger partial charge in [0.05, 0.1) is 13.2 Å². The smallest absolute Gasteiger partial charge is 0.358 e. The van der Waals surface area contributed by atoms with Crippen LogP contribution in [0.25, 0.3) is 0 Å². The minimum absolute atomic E-state index is 0.0655. The number of anilines is 1. The monoisotopic (exact) mass is 438 g/mol. The zero-order valence-electron chi connectivity index (χ0n) is 19.1. The first-order chi connectivity index (χ1) is 15.2. The molecular formula is C24H30N4O4. The van der Waals surface area contributed by atoms with Crippen LogP contribution >= 0.6 is 0 Å². The molecule has 2 heterocycles. The van der Waals surface area contributed by atoms with Crippen molar-refractivity contribution in [3.05, 3.63) is 46.8 Å². The SMILES string of the molecule is CCOC(=O)c1cc2n(n1)CC(C)(C(=O)NC1CCCC1)N(c1ccc(C)c(C)c1)C2=O. The highest BCUT2D eigenvalue weighted by Gasteiger charge is 2.49. The largest absolute Gasteiger partial charge is 0.461 e. The number of carbonyl (C=O) groups excluding carboxylic acids is 3. The van der Waals surface area contributed by atoms with E-state index in [1.54, 1.807) is 18.7 Å². The minimum atomic E-state index is -1.20. The van der Waals surface area contributed by atoms with E-state index in [2.05, 4.69) is 10.4 Å². The van der Waals surface area contributed by atoms with Crippen molar-refractivity contribution >= 4 is 23.5 Å². The zero-order valence-corrected chi connectivity index (χ0v) is 19.1. The molecule has 1 aromatic heterocycles. The van der Waals surface area contributed by atoms with Crippen molar-refractivity contribution in [2.75, 3.05) is 11.5 Å². The number of hydrogen-bond donors (Lipinski definition) is 1. The van der Waals surface area contributed by atoms with Gasteiger partial charge >= 0.3 is 5.97 Å². The van der Waals surface area contributed by atoms with Crippen molar-refractivity contribution in [1.82, 2.24) is 15.1 Å². The summed E-state index contributed by atoms with van der Waals surface area (Å²) in [4.78, 5) is 41.0. The number of ether oxygens (including phenoxy) is 1. The molecule has 8 nitrogen and oxygen atoms in total. The second kappa shape index (κ2) is 8.41. The number of nitrogens with one attached hydrogen (secondary N) is 1. The lowest BCUT2D eigenvalue weighted by Gasteiger charge is -2.43. The van der Waals surface area contributed by atoms with Gasteiger partial charge in [0.2, 0.25) is 5.91 Å². The first-order valence-electron chi connectivity index (χ1n) is 11.2. The van der Waals surface area contributed by atoms with Crippen molar-refractivity contribution in [3.8, 4) is 0 Å². The van der Waals surface area contributed by atoms with Crippen LogP contribution in [0, 0.1) is 13.8 Å². The maximum Gasteiger partial charge on any atom is 0.358 e. The molecule has 1 aliphatic carbocycles. The Balaban J connectivity index is 1.78. The summed E-state index contributed by atoms with van der Waals surface area (Å²) in [6, 6.07) is 7.29. The maximum atomic E-state index is 13.7. The number of benzene rings is 1. The average molecular weight is 439 g/mol. The van der Waals surface area contributed by atoms with Crippen molar-refractivity contribution in [2.45, 2.75) is 71.5 Å². The molecule has 0 saturated heterocycles. The van der Waals surface area contributed by atoms with Crippen LogP contribution in [0.2, 0.25) is 0 Å². The van der Waals surface area contributed by atoms with Crippen LogP contribution in [0.15, 0.2) is 24.3 Å². The molecule has 0 radical (unpaired) electrons. The van der Waals surface area contributed by atoms with Gasteiger partial charge in [0.1, 0.15) is 11.2 Å². The van der Waals surface area contributed by atoms with E-state index in [4.69, 9.17) is 4.74 Å². The fourth-order valence-corrected chi connectivity index (χ4v) is 4.57. The first-order valence-corrected chi connectivity index (χ1v) is 11.2. The van der Waals surface area contributed by atoms with Gasteiger partial charge in [-0.2, -0.15) is 5.10 Å². The van der Waals surface area contributed by atoms with E-state index >= 15 is 0 Å². The van der Waals surface area contributed by atoms with Gasteiger partial charge in [0, 0.05) is 17.8 Å². The number of nitrogens with zero attached hydrogens (tertiary/aromatic N) is 3. The first kappa shape index (κ1) is 22.0. The summed E-state index contributed by atoms with van der Waals surface area (Å²) < 4.78 is 6.51. The normalized spacial score (nSPS) is 20.9. The van der Waals surface area contributed by atoms with E-state index in [0.29, 0.717) is 5.69 Å². The van der Waals surface area contributed by atoms with E-state index in [1.165, 1.54) is 10.7 Å². The van der Waals surface area contributed by atoms with E-state index in [9.17, 15) is 14.4 Å². The summed E-state index contributed by atoms with van der Waals surface area (Å²) in [7, 11) is 0. The number of esters is 1. The Morgan fingerprint density at radius 3 is 2.56 bits per heavy atom. The molecule has 170 valence electrons. The number of aryl methyl sites for hydroxylation is 2. The molecule has 0 bridgehead atoms. The molecule has 4 rings (SSSR count). The Morgan fingerprint density at radius 2 is 1.91 bits per heavy atom. The molecule has 2 amide bonds. The third-order valence-corrected chi connectivity index (χ3v) is 6.57. The number of hydrogen-bond acceptors (Lipinski definition) is 5. The molecule has 2 aliphatic rings. The van der Waals surface area contributed by atoms with Gasteiger partial charge in [-0.1, -0.05) is 18.9 Å². The molecule has 2 aromatic rings. The molecule has 1 atom stereocenters. The van der Waals surface area contributed by atoms with Crippen LogP contribution in [0.4, 0.5) is 5.69 Å². The number of carbonyl (C=O) groups is 3. The average Bonchev–Trinajstić information content (AvgIpc) is 3.40. The highest BCUT2D eigenvalue weighted by molar-refractivity contribution is 6.12. The predicted octanol–water partition coefficient (Wildman–Crippen LogP) is 3.15. The molecule has 8 heteroatoms. The number of fused-ring (bicyclic) bond motifs is 1. The van der Waals surface area contributed by atoms with Gasteiger partial charge in [-0.25, -0.2) is 4.79 Å². The van der Waals surface area contributed by atoms with Crippen molar-refractivity contribution in [1.29, 1.82) is 0 Å². The van der Waals surface area contributed by atoms with Crippen LogP contribution in [0.1, 0.15) is 71.6 Å². The van der Waals surface area contributed by atoms with Crippen molar-refractivity contribution in [2.24, 2.45) is 0 Å². The van der Waals surface area contributed by atoms with Crippen molar-refractivity contribution < 1.29 is 19.1 Å². The van der Waals surface area contributed by atoms with Gasteiger partial charge in [0.25, 0.3) is 5.91 Å². The Labute approximate surface area is 187 Å². The summed E-state index contributed by atoms with van der Waals surface area (Å²) in [6.07, 6.45) is 4.07. The van der Waals surface area contributed by atoms with Crippen LogP contribution in [-0.2, 0) is 16.1 Å². The summed E-state index contributed by atoms with van der Waals surface area (Å²) in [5, 5.41) is 7.45.